The van der Waals surface area contributed by atoms with Crippen LogP contribution in [0.15, 0.2) is 42.7 Å². The smallest absolute Gasteiger partial charge is 0.410 e. The maximum Gasteiger partial charge on any atom is 0.410 e. The molecule has 0 aliphatic carbocycles. The lowest BCUT2D eigenvalue weighted by atomic mass is 10.0. The normalized spacial score (nSPS) is 16.6. The number of carbonyl (C=O) groups excluding carboxylic acids is 2. The van der Waals surface area contributed by atoms with Gasteiger partial charge in [0.2, 0.25) is 5.91 Å². The molecule has 2 aromatic rings. The van der Waals surface area contributed by atoms with Gasteiger partial charge in [0.05, 0.1) is 12.2 Å². The molecule has 1 N–H and O–H groups in total. The van der Waals surface area contributed by atoms with Crippen LogP contribution >= 0.6 is 11.6 Å². The molecule has 7 nitrogen and oxygen atoms in total. The Balaban J connectivity index is 1.57. The Hall–Kier alpha value is -2.67. The average molecular weight is 389 g/mol. The molecule has 0 bridgehead atoms. The number of likely N-dealkylation sites (tertiary alicyclic amines) is 1. The van der Waals surface area contributed by atoms with Crippen molar-refractivity contribution in [1.82, 2.24) is 20.2 Å². The van der Waals surface area contributed by atoms with Crippen molar-refractivity contribution in [2.75, 3.05) is 6.54 Å². The summed E-state index contributed by atoms with van der Waals surface area (Å²) in [5, 5.41) is 3.04. The standard InChI is InChI=1S/C19H21ClN4O3/c20-17-15(21-9-10-22-17)12-23-18(25)16-8-4-5-11-24(16)19(26)27-13-14-6-2-1-3-7-14/h1-3,6-7,9-10,16H,4-5,8,11-13H2,(H,23,25)/t16-/m0/s1. The first-order valence-electron chi connectivity index (χ1n) is 8.85. The third kappa shape index (κ3) is 5.17. The van der Waals surface area contributed by atoms with Crippen molar-refractivity contribution in [1.29, 1.82) is 0 Å². The van der Waals surface area contributed by atoms with Crippen LogP contribution in [0.3, 0.4) is 0 Å². The van der Waals surface area contributed by atoms with E-state index in [0.717, 1.165) is 18.4 Å². The molecule has 0 unspecified atom stereocenters. The Morgan fingerprint density at radius 3 is 2.74 bits per heavy atom. The molecule has 0 saturated carbocycles. The number of hydrogen-bond donors (Lipinski definition) is 1. The number of ether oxygens (including phenoxy) is 1. The number of nitrogens with one attached hydrogen (secondary N) is 1. The molecule has 2 amide bonds. The number of nitrogens with zero attached hydrogens (tertiary/aromatic N) is 3. The van der Waals surface area contributed by atoms with Crippen molar-refractivity contribution >= 4 is 23.6 Å². The second kappa shape index (κ2) is 9.32. The fourth-order valence-electron chi connectivity index (χ4n) is 2.98. The molecular formula is C19H21ClN4O3. The predicted molar refractivity (Wildman–Crippen MR) is 99.9 cm³/mol. The van der Waals surface area contributed by atoms with Crippen LogP contribution in [0.5, 0.6) is 0 Å². The van der Waals surface area contributed by atoms with Gasteiger partial charge >= 0.3 is 6.09 Å². The molecule has 0 radical (unpaired) electrons. The second-order valence-corrected chi connectivity index (χ2v) is 6.61. The van der Waals surface area contributed by atoms with E-state index in [-0.39, 0.29) is 24.2 Å². The summed E-state index contributed by atoms with van der Waals surface area (Å²) < 4.78 is 5.39. The quantitative estimate of drug-likeness (QED) is 0.851. The lowest BCUT2D eigenvalue weighted by Gasteiger charge is -2.33. The van der Waals surface area contributed by atoms with Gasteiger partial charge in [-0.1, -0.05) is 41.9 Å². The second-order valence-electron chi connectivity index (χ2n) is 6.26. The molecule has 1 aromatic heterocycles. The summed E-state index contributed by atoms with van der Waals surface area (Å²) in [7, 11) is 0. The summed E-state index contributed by atoms with van der Waals surface area (Å²) in [6, 6.07) is 8.89. The number of carbonyl (C=O) groups is 2. The SMILES string of the molecule is O=C(NCc1nccnc1Cl)[C@@H]1CCCCN1C(=O)OCc1ccccc1. The Bertz CT molecular complexity index is 788. The summed E-state index contributed by atoms with van der Waals surface area (Å²) in [4.78, 5) is 34.6. The third-order valence-electron chi connectivity index (χ3n) is 4.40. The Labute approximate surface area is 162 Å². The molecule has 142 valence electrons. The van der Waals surface area contributed by atoms with Crippen molar-refractivity contribution in [2.24, 2.45) is 0 Å². The Morgan fingerprint density at radius 2 is 1.96 bits per heavy atom. The molecule has 3 rings (SSSR count). The van der Waals surface area contributed by atoms with Gasteiger partial charge in [0, 0.05) is 18.9 Å². The van der Waals surface area contributed by atoms with Gasteiger partial charge in [-0.15, -0.1) is 0 Å². The molecule has 1 aromatic carbocycles. The van der Waals surface area contributed by atoms with E-state index in [1.54, 1.807) is 0 Å². The van der Waals surface area contributed by atoms with Crippen LogP contribution in [0, 0.1) is 0 Å². The predicted octanol–water partition coefficient (Wildman–Crippen LogP) is 2.94. The minimum atomic E-state index is -0.558. The van der Waals surface area contributed by atoms with Crippen molar-refractivity contribution in [3.8, 4) is 0 Å². The minimum Gasteiger partial charge on any atom is -0.445 e. The van der Waals surface area contributed by atoms with Gasteiger partial charge in [-0.2, -0.15) is 0 Å². The van der Waals surface area contributed by atoms with Crippen LogP contribution < -0.4 is 5.32 Å². The maximum atomic E-state index is 12.6. The molecule has 8 heteroatoms. The average Bonchev–Trinajstić information content (AvgIpc) is 2.72. The van der Waals surface area contributed by atoms with E-state index in [1.165, 1.54) is 17.3 Å². The fraction of sp³-hybridized carbons (Fsp3) is 0.368. The van der Waals surface area contributed by atoms with Crippen molar-refractivity contribution in [3.63, 3.8) is 0 Å². The molecule has 1 atom stereocenters. The number of hydrogen-bond acceptors (Lipinski definition) is 5. The monoisotopic (exact) mass is 388 g/mol. The van der Waals surface area contributed by atoms with Crippen LogP contribution in [0.1, 0.15) is 30.5 Å². The summed E-state index contributed by atoms with van der Waals surface area (Å²) in [5.74, 6) is -0.243. The van der Waals surface area contributed by atoms with Crippen molar-refractivity contribution in [2.45, 2.75) is 38.5 Å². The van der Waals surface area contributed by atoms with Gasteiger partial charge in [0.1, 0.15) is 12.6 Å². The number of halogens is 1. The zero-order valence-corrected chi connectivity index (χ0v) is 15.6. The Morgan fingerprint density at radius 1 is 1.19 bits per heavy atom. The summed E-state index contributed by atoms with van der Waals surface area (Å²) in [6.45, 7) is 0.840. The highest BCUT2D eigenvalue weighted by atomic mass is 35.5. The number of piperidine rings is 1. The number of rotatable bonds is 5. The van der Waals surface area contributed by atoms with E-state index >= 15 is 0 Å². The van der Waals surface area contributed by atoms with Crippen LogP contribution in [-0.2, 0) is 22.7 Å². The van der Waals surface area contributed by atoms with E-state index in [2.05, 4.69) is 15.3 Å². The summed E-state index contributed by atoms with van der Waals surface area (Å²) in [5.41, 5.74) is 1.39. The van der Waals surface area contributed by atoms with Gasteiger partial charge in [-0.05, 0) is 24.8 Å². The number of benzene rings is 1. The van der Waals surface area contributed by atoms with E-state index in [4.69, 9.17) is 16.3 Å². The highest BCUT2D eigenvalue weighted by molar-refractivity contribution is 6.29. The first kappa shape index (κ1) is 19.1. The topological polar surface area (TPSA) is 84.4 Å². The molecule has 0 spiro atoms. The van der Waals surface area contributed by atoms with Crippen molar-refractivity contribution in [3.05, 3.63) is 59.1 Å². The van der Waals surface area contributed by atoms with Gasteiger partial charge in [-0.25, -0.2) is 9.78 Å². The molecule has 2 heterocycles. The first-order chi connectivity index (χ1) is 13.1. The molecular weight excluding hydrogens is 368 g/mol. The highest BCUT2D eigenvalue weighted by Gasteiger charge is 2.33. The zero-order chi connectivity index (χ0) is 19.1. The fourth-order valence-corrected chi connectivity index (χ4v) is 3.15. The van der Waals surface area contributed by atoms with Gasteiger partial charge in [0.15, 0.2) is 5.15 Å². The minimum absolute atomic E-state index is 0.162. The summed E-state index contributed by atoms with van der Waals surface area (Å²) >= 11 is 5.96. The number of aromatic nitrogens is 2. The van der Waals surface area contributed by atoms with Crippen molar-refractivity contribution < 1.29 is 14.3 Å². The van der Waals surface area contributed by atoms with Crippen LogP contribution in [0.4, 0.5) is 4.79 Å². The van der Waals surface area contributed by atoms with Gasteiger partial charge in [-0.3, -0.25) is 14.7 Å². The summed E-state index contributed by atoms with van der Waals surface area (Å²) in [6.07, 6.45) is 4.85. The molecule has 1 saturated heterocycles. The van der Waals surface area contributed by atoms with Gasteiger partial charge < -0.3 is 10.1 Å². The Kier molecular flexibility index (Phi) is 6.59. The largest absolute Gasteiger partial charge is 0.445 e. The van der Waals surface area contributed by atoms with Crippen LogP contribution in [0.25, 0.3) is 0 Å². The maximum absolute atomic E-state index is 12.6. The lowest BCUT2D eigenvalue weighted by molar-refractivity contribution is -0.127. The van der Waals surface area contributed by atoms with Crippen LogP contribution in [-0.4, -0.2) is 39.5 Å². The zero-order valence-electron chi connectivity index (χ0n) is 14.8. The molecule has 1 fully saturated rings. The van der Waals surface area contributed by atoms with Crippen LogP contribution in [0.2, 0.25) is 5.15 Å². The number of amides is 2. The molecule has 27 heavy (non-hydrogen) atoms. The van der Waals surface area contributed by atoms with E-state index in [1.807, 2.05) is 30.3 Å². The van der Waals surface area contributed by atoms with E-state index in [9.17, 15) is 9.59 Å². The van der Waals surface area contributed by atoms with E-state index < -0.39 is 12.1 Å². The third-order valence-corrected chi connectivity index (χ3v) is 4.71. The highest BCUT2D eigenvalue weighted by Crippen LogP contribution is 2.19. The lowest BCUT2D eigenvalue weighted by Crippen LogP contribution is -2.51. The molecule has 1 aliphatic rings. The van der Waals surface area contributed by atoms with Gasteiger partial charge in [0.25, 0.3) is 0 Å². The first-order valence-corrected chi connectivity index (χ1v) is 9.23. The molecule has 1 aliphatic heterocycles. The van der Waals surface area contributed by atoms with E-state index in [0.29, 0.717) is 18.7 Å².